The van der Waals surface area contributed by atoms with Gasteiger partial charge in [0.1, 0.15) is 51.7 Å². The Hall–Kier alpha value is -15.7. The van der Waals surface area contributed by atoms with Crippen molar-refractivity contribution >= 4 is 0 Å². The second-order valence-electron chi connectivity index (χ2n) is 25.0. The third kappa shape index (κ3) is 18.3. The Morgan fingerprint density at radius 1 is 0.172 bits per heavy atom. The Morgan fingerprint density at radius 2 is 0.379 bits per heavy atom. The lowest BCUT2D eigenvalue weighted by Crippen LogP contribution is -2.02. The van der Waals surface area contributed by atoms with E-state index < -0.39 is 0 Å². The van der Waals surface area contributed by atoms with Crippen molar-refractivity contribution in [2.75, 3.05) is 56.9 Å². The van der Waals surface area contributed by atoms with Crippen LogP contribution in [0.4, 0.5) is 0 Å². The van der Waals surface area contributed by atoms with Crippen molar-refractivity contribution in [3.05, 3.63) is 291 Å². The minimum Gasteiger partial charge on any atom is -0.507 e. The standard InChI is InChI=1S/C24H21N3O4.2C23H19N3O3.C22H17N3O2/c1-29-19-13-16(14-20(30-2)21(19)31-3)23-25-22(15-9-5-4-6-10-15)26-24(27-23)17-11-7-8-12-18(17)28;1-28-19-13-7-4-10-16(19)22-24-21(15-9-3-6-12-18(15)27)25-23(26-22)17-11-5-8-14-20(17)29-2;1-28-16-13-11-15(12-14-16)21-24-22(17-7-3-5-9-19(17)27)26-23(25-21)18-8-4-6-10-20(18)29-2;1-27-17-13-11-16(12-14-17)21-23-20(15-7-3-2-4-8-15)24-22(25-21)18-9-5-6-10-19(18)26/h4-14,28H,1-3H3;2*3-14,27H,1-2H3;2-14,26H,1H3. The summed E-state index contributed by atoms with van der Waals surface area (Å²) in [5, 5.41) is 41.3. The van der Waals surface area contributed by atoms with E-state index >= 15 is 0 Å². The maximum atomic E-state index is 10.4. The third-order valence-electron chi connectivity index (χ3n) is 17.8. The van der Waals surface area contributed by atoms with Crippen LogP contribution in [0.15, 0.2) is 291 Å². The maximum Gasteiger partial charge on any atom is 0.203 e. The summed E-state index contributed by atoms with van der Waals surface area (Å²) in [4.78, 5) is 55.6. The van der Waals surface area contributed by atoms with E-state index in [0.29, 0.717) is 132 Å². The van der Waals surface area contributed by atoms with Crippen LogP contribution in [0.5, 0.6) is 69.0 Å². The zero-order valence-corrected chi connectivity index (χ0v) is 64.1. The summed E-state index contributed by atoms with van der Waals surface area (Å²) in [7, 11) is 12.7. The van der Waals surface area contributed by atoms with Gasteiger partial charge in [-0.15, -0.1) is 0 Å². The third-order valence-corrected chi connectivity index (χ3v) is 17.8. The molecule has 0 aliphatic carbocycles. The molecule has 0 bridgehead atoms. The molecule has 4 aromatic heterocycles. The summed E-state index contributed by atoms with van der Waals surface area (Å²) in [6.45, 7) is 0. The van der Waals surface area contributed by atoms with Gasteiger partial charge in [0, 0.05) is 27.8 Å². The van der Waals surface area contributed by atoms with Crippen molar-refractivity contribution in [2.45, 2.75) is 0 Å². The fourth-order valence-electron chi connectivity index (χ4n) is 12.0. The van der Waals surface area contributed by atoms with E-state index in [0.717, 1.165) is 50.4 Å². The van der Waals surface area contributed by atoms with Gasteiger partial charge in [0.2, 0.25) is 5.75 Å². The second-order valence-corrected chi connectivity index (χ2v) is 25.0. The van der Waals surface area contributed by atoms with Crippen molar-refractivity contribution in [1.29, 1.82) is 0 Å². The Labute approximate surface area is 668 Å². The number of nitrogens with zero attached hydrogens (tertiary/aromatic N) is 12. The van der Waals surface area contributed by atoms with Crippen LogP contribution in [0.2, 0.25) is 0 Å². The number of aromatic nitrogens is 12. The van der Waals surface area contributed by atoms with Gasteiger partial charge in [-0.3, -0.25) is 0 Å². The van der Waals surface area contributed by atoms with Crippen LogP contribution in [0.25, 0.3) is 137 Å². The van der Waals surface area contributed by atoms with Gasteiger partial charge in [-0.1, -0.05) is 146 Å². The minimum atomic E-state index is 0.0866. The highest BCUT2D eigenvalue weighted by atomic mass is 16.5. The van der Waals surface area contributed by atoms with Gasteiger partial charge in [0.25, 0.3) is 0 Å². The second kappa shape index (κ2) is 37.3. The number of methoxy groups -OCH3 is 8. The number of phenols is 4. The molecular weight excluding hydrogens is 1470 g/mol. The molecule has 576 valence electrons. The first-order chi connectivity index (χ1) is 56.8. The van der Waals surface area contributed by atoms with Crippen LogP contribution in [0.1, 0.15) is 0 Å². The lowest BCUT2D eigenvalue weighted by molar-refractivity contribution is 0.324. The van der Waals surface area contributed by atoms with Gasteiger partial charge in [-0.05, 0) is 146 Å². The number of para-hydroxylation sites is 7. The van der Waals surface area contributed by atoms with E-state index in [-0.39, 0.29) is 23.0 Å². The average molecular weight is 1540 g/mol. The van der Waals surface area contributed by atoms with E-state index in [4.69, 9.17) is 37.9 Å². The number of hydrogen-bond donors (Lipinski definition) is 4. The monoisotopic (exact) mass is 1540 g/mol. The molecule has 16 aromatic rings. The molecule has 0 aliphatic rings. The fourth-order valence-corrected chi connectivity index (χ4v) is 12.0. The number of aromatic hydroxyl groups is 4. The molecule has 0 fully saturated rings. The van der Waals surface area contributed by atoms with E-state index in [1.807, 2.05) is 206 Å². The summed E-state index contributed by atoms with van der Waals surface area (Å²) >= 11 is 0. The van der Waals surface area contributed by atoms with Crippen LogP contribution in [0.3, 0.4) is 0 Å². The molecule has 16 rings (SSSR count). The fraction of sp³-hybridized carbons (Fsp3) is 0.0870. The lowest BCUT2D eigenvalue weighted by Gasteiger charge is -2.14. The molecule has 0 saturated heterocycles. The van der Waals surface area contributed by atoms with Crippen molar-refractivity contribution in [3.63, 3.8) is 0 Å². The molecule has 0 unspecified atom stereocenters. The molecule has 4 heterocycles. The molecule has 116 heavy (non-hydrogen) atoms. The quantitative estimate of drug-likeness (QED) is 0.0551. The number of rotatable bonds is 20. The molecule has 0 atom stereocenters. The zero-order chi connectivity index (χ0) is 80.9. The Bertz CT molecular complexity index is 5960. The largest absolute Gasteiger partial charge is 0.507 e. The van der Waals surface area contributed by atoms with Gasteiger partial charge in [0.05, 0.1) is 95.8 Å². The summed E-state index contributed by atoms with van der Waals surface area (Å²) in [6.07, 6.45) is 0. The Balaban J connectivity index is 0.000000135. The summed E-state index contributed by atoms with van der Waals surface area (Å²) in [5.41, 5.74) is 8.32. The summed E-state index contributed by atoms with van der Waals surface area (Å²) < 4.78 is 43.3. The molecule has 24 nitrogen and oxygen atoms in total. The van der Waals surface area contributed by atoms with Crippen LogP contribution >= 0.6 is 0 Å². The molecule has 0 spiro atoms. The van der Waals surface area contributed by atoms with Gasteiger partial charge in [0.15, 0.2) is 81.4 Å². The van der Waals surface area contributed by atoms with E-state index in [9.17, 15) is 20.4 Å². The minimum absolute atomic E-state index is 0.0866. The first kappa shape index (κ1) is 78.4. The van der Waals surface area contributed by atoms with Gasteiger partial charge >= 0.3 is 0 Å². The highest BCUT2D eigenvalue weighted by molar-refractivity contribution is 5.77. The molecule has 0 aliphatic heterocycles. The molecule has 0 radical (unpaired) electrons. The predicted molar refractivity (Wildman–Crippen MR) is 444 cm³/mol. The van der Waals surface area contributed by atoms with E-state index in [1.165, 1.54) is 0 Å². The van der Waals surface area contributed by atoms with Crippen molar-refractivity contribution < 1.29 is 58.3 Å². The average Bonchev–Trinajstić information content (AvgIpc) is 0.817. The summed E-state index contributed by atoms with van der Waals surface area (Å²) in [6, 6.07) is 88.2. The van der Waals surface area contributed by atoms with Crippen LogP contribution in [-0.4, -0.2) is 137 Å². The number of ether oxygens (including phenoxy) is 8. The van der Waals surface area contributed by atoms with Crippen molar-refractivity contribution in [2.24, 2.45) is 0 Å². The highest BCUT2D eigenvalue weighted by Crippen LogP contribution is 2.43. The Morgan fingerprint density at radius 3 is 0.629 bits per heavy atom. The molecule has 0 saturated carbocycles. The number of hydrogen-bond acceptors (Lipinski definition) is 24. The van der Waals surface area contributed by atoms with Crippen LogP contribution < -0.4 is 37.9 Å². The van der Waals surface area contributed by atoms with Gasteiger partial charge < -0.3 is 58.3 Å². The Kier molecular flexibility index (Phi) is 25.2. The normalized spacial score (nSPS) is 10.6. The van der Waals surface area contributed by atoms with Crippen molar-refractivity contribution in [1.82, 2.24) is 59.8 Å². The molecule has 0 amide bonds. The van der Waals surface area contributed by atoms with E-state index in [2.05, 4.69) is 59.8 Å². The van der Waals surface area contributed by atoms with Gasteiger partial charge in [-0.2, -0.15) is 0 Å². The number of benzene rings is 12. The number of phenolic OH excluding ortho intramolecular Hbond substituents is 4. The van der Waals surface area contributed by atoms with Crippen molar-refractivity contribution in [3.8, 4) is 206 Å². The first-order valence-corrected chi connectivity index (χ1v) is 36.1. The molecule has 4 N–H and O–H groups in total. The smallest absolute Gasteiger partial charge is 0.203 e. The van der Waals surface area contributed by atoms with E-state index in [1.54, 1.807) is 142 Å². The topological polar surface area (TPSA) is 309 Å². The molecular formula is C92H76N12O12. The molecule has 12 aromatic carbocycles. The van der Waals surface area contributed by atoms with Crippen LogP contribution in [0, 0.1) is 0 Å². The first-order valence-electron chi connectivity index (χ1n) is 36.1. The zero-order valence-electron chi connectivity index (χ0n) is 64.1. The SMILES string of the molecule is COc1cc(-c2nc(-c3ccccc3)nc(-c3ccccc3O)n2)cc(OC)c1OC.COc1ccc(-c2nc(-c3ccccc3)nc(-c3ccccc3O)n2)cc1.COc1ccc(-c2nc(-c3ccccc3O)nc(-c3ccccc3OC)n2)cc1.COc1ccccc1-c1nc(-c2ccccc2O)nc(-c2ccccc2OC)n1. The predicted octanol–water partition coefficient (Wildman–Crippen LogP) is 18.4. The lowest BCUT2D eigenvalue weighted by atomic mass is 10.1. The van der Waals surface area contributed by atoms with Gasteiger partial charge in [-0.25, -0.2) is 59.8 Å². The molecule has 24 heteroatoms. The summed E-state index contributed by atoms with van der Waals surface area (Å²) in [5.74, 6) is 10.6. The van der Waals surface area contributed by atoms with Crippen LogP contribution in [-0.2, 0) is 0 Å². The maximum absolute atomic E-state index is 10.4. The highest BCUT2D eigenvalue weighted by Gasteiger charge is 2.23.